The smallest absolute Gasteiger partial charge is 0.191 e. The van der Waals surface area contributed by atoms with E-state index in [2.05, 4.69) is 39.9 Å². The lowest BCUT2D eigenvalue weighted by atomic mass is 9.98. The highest BCUT2D eigenvalue weighted by Gasteiger charge is 2.12. The van der Waals surface area contributed by atoms with Crippen LogP contribution in [-0.4, -0.2) is 39.4 Å². The molecule has 0 unspecified atom stereocenters. The highest BCUT2D eigenvalue weighted by atomic mass is 16.5. The van der Waals surface area contributed by atoms with E-state index in [-0.39, 0.29) is 0 Å². The third kappa shape index (κ3) is 7.88. The average molecular weight is 348 g/mol. The zero-order valence-corrected chi connectivity index (χ0v) is 15.7. The van der Waals surface area contributed by atoms with Crippen molar-refractivity contribution in [2.24, 2.45) is 4.99 Å². The van der Waals surface area contributed by atoms with Crippen LogP contribution >= 0.6 is 0 Å². The summed E-state index contributed by atoms with van der Waals surface area (Å²) in [5, 5.41) is 6.70. The lowest BCUT2D eigenvalue weighted by Gasteiger charge is -2.22. The maximum atomic E-state index is 5.95. The van der Waals surface area contributed by atoms with Crippen LogP contribution in [0, 0.1) is 0 Å². The van der Waals surface area contributed by atoms with Crippen molar-refractivity contribution >= 4 is 5.96 Å². The topological polar surface area (TPSA) is 54.9 Å². The molecule has 0 saturated heterocycles. The van der Waals surface area contributed by atoms with Gasteiger partial charge in [-0.05, 0) is 30.4 Å². The number of nitrogens with one attached hydrogen (secondary N) is 2. The van der Waals surface area contributed by atoms with E-state index in [0.29, 0.717) is 12.7 Å². The van der Waals surface area contributed by atoms with Crippen molar-refractivity contribution in [1.82, 2.24) is 10.6 Å². The standard InChI is InChI=1S/C20H33N3O2/c1-21-20(22-12-7-13-25-19-10-4-3-5-11-19)23-15-17-8-6-9-18(14-17)16-24-2/h6,8-9,14,19H,3-5,7,10-13,15-16H2,1-2H3,(H2,21,22,23). The second-order valence-electron chi connectivity index (χ2n) is 6.59. The minimum atomic E-state index is 0.491. The molecule has 1 aromatic rings. The maximum Gasteiger partial charge on any atom is 0.191 e. The number of benzene rings is 1. The molecule has 0 atom stereocenters. The van der Waals surface area contributed by atoms with Gasteiger partial charge in [-0.1, -0.05) is 43.5 Å². The predicted molar refractivity (Wildman–Crippen MR) is 103 cm³/mol. The first kappa shape index (κ1) is 19.7. The Morgan fingerprint density at radius 3 is 2.72 bits per heavy atom. The molecule has 25 heavy (non-hydrogen) atoms. The summed E-state index contributed by atoms with van der Waals surface area (Å²) in [5.74, 6) is 0.829. The van der Waals surface area contributed by atoms with Gasteiger partial charge in [-0.25, -0.2) is 0 Å². The van der Waals surface area contributed by atoms with Crippen LogP contribution < -0.4 is 10.6 Å². The quantitative estimate of drug-likeness (QED) is 0.409. The van der Waals surface area contributed by atoms with Gasteiger partial charge in [0, 0.05) is 33.9 Å². The van der Waals surface area contributed by atoms with Crippen LogP contribution in [0.1, 0.15) is 49.7 Å². The van der Waals surface area contributed by atoms with E-state index in [1.807, 2.05) is 0 Å². The summed E-state index contributed by atoms with van der Waals surface area (Å²) >= 11 is 0. The van der Waals surface area contributed by atoms with Gasteiger partial charge < -0.3 is 20.1 Å². The Bertz CT molecular complexity index is 513. The van der Waals surface area contributed by atoms with Gasteiger partial charge in [0.15, 0.2) is 5.96 Å². The van der Waals surface area contributed by atoms with Crippen molar-refractivity contribution in [3.8, 4) is 0 Å². The summed E-state index contributed by atoms with van der Waals surface area (Å²) in [7, 11) is 3.52. The molecule has 1 fully saturated rings. The Balaban J connectivity index is 1.61. The number of hydrogen-bond acceptors (Lipinski definition) is 3. The zero-order valence-electron chi connectivity index (χ0n) is 15.7. The van der Waals surface area contributed by atoms with Crippen molar-refractivity contribution in [1.29, 1.82) is 0 Å². The molecule has 1 aliphatic carbocycles. The molecule has 0 heterocycles. The Morgan fingerprint density at radius 2 is 1.96 bits per heavy atom. The van der Waals surface area contributed by atoms with E-state index < -0.39 is 0 Å². The molecule has 0 amide bonds. The van der Waals surface area contributed by atoms with Gasteiger partial charge in [0.1, 0.15) is 0 Å². The Labute approximate surface area is 152 Å². The molecule has 0 bridgehead atoms. The second kappa shape index (κ2) is 11.9. The molecule has 5 heteroatoms. The van der Waals surface area contributed by atoms with E-state index >= 15 is 0 Å². The largest absolute Gasteiger partial charge is 0.380 e. The number of nitrogens with zero attached hydrogens (tertiary/aromatic N) is 1. The van der Waals surface area contributed by atoms with Gasteiger partial charge >= 0.3 is 0 Å². The molecular weight excluding hydrogens is 314 g/mol. The fraction of sp³-hybridized carbons (Fsp3) is 0.650. The molecule has 2 N–H and O–H groups in total. The van der Waals surface area contributed by atoms with E-state index in [4.69, 9.17) is 9.47 Å². The first-order chi connectivity index (χ1) is 12.3. The Kier molecular flexibility index (Phi) is 9.37. The number of rotatable bonds is 9. The van der Waals surface area contributed by atoms with Crippen LogP contribution in [0.25, 0.3) is 0 Å². The zero-order chi connectivity index (χ0) is 17.7. The van der Waals surface area contributed by atoms with E-state index in [9.17, 15) is 0 Å². The first-order valence-corrected chi connectivity index (χ1v) is 9.44. The van der Waals surface area contributed by atoms with Crippen molar-refractivity contribution in [3.05, 3.63) is 35.4 Å². The van der Waals surface area contributed by atoms with Gasteiger partial charge in [-0.15, -0.1) is 0 Å². The highest BCUT2D eigenvalue weighted by molar-refractivity contribution is 5.79. The van der Waals surface area contributed by atoms with Crippen LogP contribution in [0.3, 0.4) is 0 Å². The number of guanidine groups is 1. The van der Waals surface area contributed by atoms with Gasteiger partial charge in [-0.3, -0.25) is 4.99 Å². The summed E-state index contributed by atoms with van der Waals surface area (Å²) in [6.07, 6.45) is 7.98. The van der Waals surface area contributed by atoms with Crippen LogP contribution in [0.4, 0.5) is 0 Å². The van der Waals surface area contributed by atoms with Crippen molar-refractivity contribution in [2.75, 3.05) is 27.3 Å². The number of methoxy groups -OCH3 is 1. The molecule has 140 valence electrons. The fourth-order valence-corrected chi connectivity index (χ4v) is 3.16. The fourth-order valence-electron chi connectivity index (χ4n) is 3.16. The molecule has 0 aromatic heterocycles. The SMILES string of the molecule is CN=C(NCCCOC1CCCCC1)NCc1cccc(COC)c1. The van der Waals surface area contributed by atoms with Crippen molar-refractivity contribution in [3.63, 3.8) is 0 Å². The van der Waals surface area contributed by atoms with Gasteiger partial charge in [0.25, 0.3) is 0 Å². The lowest BCUT2D eigenvalue weighted by molar-refractivity contribution is 0.0277. The lowest BCUT2D eigenvalue weighted by Crippen LogP contribution is -2.37. The molecule has 2 rings (SSSR count). The molecular formula is C20H33N3O2. The number of ether oxygens (including phenoxy) is 2. The predicted octanol–water partition coefficient (Wildman–Crippen LogP) is 3.24. The normalized spacial score (nSPS) is 16.0. The highest BCUT2D eigenvalue weighted by Crippen LogP contribution is 2.20. The summed E-state index contributed by atoms with van der Waals surface area (Å²) < 4.78 is 11.1. The summed E-state index contributed by atoms with van der Waals surface area (Å²) in [6, 6.07) is 8.40. The summed E-state index contributed by atoms with van der Waals surface area (Å²) in [4.78, 5) is 4.28. The van der Waals surface area contributed by atoms with E-state index in [1.165, 1.54) is 43.2 Å². The van der Waals surface area contributed by atoms with Crippen LogP contribution in [0.2, 0.25) is 0 Å². The Morgan fingerprint density at radius 1 is 1.16 bits per heavy atom. The molecule has 1 saturated carbocycles. The molecule has 1 aliphatic rings. The molecule has 0 aliphatic heterocycles. The minimum absolute atomic E-state index is 0.491. The first-order valence-electron chi connectivity index (χ1n) is 9.44. The second-order valence-corrected chi connectivity index (χ2v) is 6.59. The van der Waals surface area contributed by atoms with Gasteiger partial charge in [0.05, 0.1) is 12.7 Å². The van der Waals surface area contributed by atoms with Crippen LogP contribution in [0.5, 0.6) is 0 Å². The van der Waals surface area contributed by atoms with E-state index in [0.717, 1.165) is 32.1 Å². The maximum absolute atomic E-state index is 5.95. The molecule has 1 aromatic carbocycles. The van der Waals surface area contributed by atoms with Gasteiger partial charge in [-0.2, -0.15) is 0 Å². The average Bonchev–Trinajstić information content (AvgIpc) is 2.65. The number of aliphatic imine (C=N–C) groups is 1. The third-order valence-corrected chi connectivity index (χ3v) is 4.51. The summed E-state index contributed by atoms with van der Waals surface area (Å²) in [5.41, 5.74) is 2.41. The molecule has 5 nitrogen and oxygen atoms in total. The molecule has 0 spiro atoms. The van der Waals surface area contributed by atoms with Crippen molar-refractivity contribution < 1.29 is 9.47 Å². The minimum Gasteiger partial charge on any atom is -0.380 e. The van der Waals surface area contributed by atoms with Crippen LogP contribution in [-0.2, 0) is 22.6 Å². The van der Waals surface area contributed by atoms with Crippen molar-refractivity contribution in [2.45, 2.75) is 57.8 Å². The van der Waals surface area contributed by atoms with E-state index in [1.54, 1.807) is 14.2 Å². The molecule has 0 radical (unpaired) electrons. The van der Waals surface area contributed by atoms with Crippen LogP contribution in [0.15, 0.2) is 29.3 Å². The van der Waals surface area contributed by atoms with Gasteiger partial charge in [0.2, 0.25) is 0 Å². The Hall–Kier alpha value is -1.59. The summed E-state index contributed by atoms with van der Waals surface area (Å²) in [6.45, 7) is 3.08. The third-order valence-electron chi connectivity index (χ3n) is 4.51. The monoisotopic (exact) mass is 347 g/mol. The number of hydrogen-bond donors (Lipinski definition) is 2.